The van der Waals surface area contributed by atoms with Gasteiger partial charge in [0.05, 0.1) is 6.42 Å². The number of benzene rings is 2. The number of fused-ring (bicyclic) bond motifs is 2. The van der Waals surface area contributed by atoms with Gasteiger partial charge in [-0.15, -0.1) is 0 Å². The summed E-state index contributed by atoms with van der Waals surface area (Å²) in [6, 6.07) is 11.9. The summed E-state index contributed by atoms with van der Waals surface area (Å²) in [4.78, 5) is 14.9. The molecule has 6 heteroatoms. The lowest BCUT2D eigenvalue weighted by Crippen LogP contribution is -2.33. The SMILES string of the molecule is O=C(Cc1ccc2c(c1)OCO2)N(Cc1ccc2c(c1)OCO2)C1CC1. The molecule has 5 rings (SSSR count). The summed E-state index contributed by atoms with van der Waals surface area (Å²) >= 11 is 0. The van der Waals surface area contributed by atoms with E-state index in [4.69, 9.17) is 18.9 Å². The van der Waals surface area contributed by atoms with E-state index < -0.39 is 0 Å². The topological polar surface area (TPSA) is 57.2 Å². The van der Waals surface area contributed by atoms with Crippen molar-refractivity contribution in [2.24, 2.45) is 0 Å². The van der Waals surface area contributed by atoms with Gasteiger partial charge in [0.1, 0.15) is 0 Å². The zero-order chi connectivity index (χ0) is 17.5. The van der Waals surface area contributed by atoms with Gasteiger partial charge in [-0.25, -0.2) is 0 Å². The van der Waals surface area contributed by atoms with E-state index in [1.807, 2.05) is 41.3 Å². The van der Waals surface area contributed by atoms with Crippen molar-refractivity contribution in [3.63, 3.8) is 0 Å². The average Bonchev–Trinajstić information content (AvgIpc) is 3.19. The van der Waals surface area contributed by atoms with Crippen LogP contribution in [0.1, 0.15) is 24.0 Å². The van der Waals surface area contributed by atoms with Crippen LogP contribution in [-0.2, 0) is 17.8 Å². The molecule has 2 aromatic carbocycles. The Hall–Kier alpha value is -2.89. The minimum Gasteiger partial charge on any atom is -0.454 e. The van der Waals surface area contributed by atoms with Gasteiger partial charge in [-0.3, -0.25) is 4.79 Å². The van der Waals surface area contributed by atoms with Crippen LogP contribution in [-0.4, -0.2) is 30.4 Å². The molecule has 134 valence electrons. The lowest BCUT2D eigenvalue weighted by atomic mass is 10.1. The Morgan fingerprint density at radius 1 is 0.846 bits per heavy atom. The predicted molar refractivity (Wildman–Crippen MR) is 92.4 cm³/mol. The van der Waals surface area contributed by atoms with Crippen molar-refractivity contribution < 1.29 is 23.7 Å². The van der Waals surface area contributed by atoms with Gasteiger partial charge < -0.3 is 23.8 Å². The maximum Gasteiger partial charge on any atom is 0.231 e. The van der Waals surface area contributed by atoms with E-state index in [0.29, 0.717) is 24.8 Å². The van der Waals surface area contributed by atoms with Crippen molar-refractivity contribution >= 4 is 5.91 Å². The van der Waals surface area contributed by atoms with E-state index in [2.05, 4.69) is 0 Å². The highest BCUT2D eigenvalue weighted by molar-refractivity contribution is 5.79. The van der Waals surface area contributed by atoms with E-state index in [0.717, 1.165) is 41.2 Å². The molecule has 1 saturated carbocycles. The molecule has 0 aromatic heterocycles. The predicted octanol–water partition coefficient (Wildman–Crippen LogP) is 2.88. The molecule has 1 fully saturated rings. The third-order valence-electron chi connectivity index (χ3n) is 4.89. The average molecular weight is 353 g/mol. The molecule has 1 aliphatic carbocycles. The number of ether oxygens (including phenoxy) is 4. The summed E-state index contributed by atoms with van der Waals surface area (Å²) in [6.45, 7) is 1.09. The lowest BCUT2D eigenvalue weighted by molar-refractivity contribution is -0.131. The number of carbonyl (C=O) groups is 1. The van der Waals surface area contributed by atoms with Crippen LogP contribution in [0.4, 0.5) is 0 Å². The quantitative estimate of drug-likeness (QED) is 0.827. The van der Waals surface area contributed by atoms with Crippen LogP contribution in [0.3, 0.4) is 0 Å². The highest BCUT2D eigenvalue weighted by Crippen LogP contribution is 2.35. The third-order valence-corrected chi connectivity index (χ3v) is 4.89. The van der Waals surface area contributed by atoms with Gasteiger partial charge in [0.2, 0.25) is 19.5 Å². The van der Waals surface area contributed by atoms with Gasteiger partial charge in [0, 0.05) is 12.6 Å². The van der Waals surface area contributed by atoms with Gasteiger partial charge in [-0.05, 0) is 48.2 Å². The van der Waals surface area contributed by atoms with Crippen molar-refractivity contribution in [1.29, 1.82) is 0 Å². The summed E-state index contributed by atoms with van der Waals surface area (Å²) in [5.41, 5.74) is 2.00. The Kier molecular flexibility index (Phi) is 3.62. The zero-order valence-electron chi connectivity index (χ0n) is 14.3. The second-order valence-corrected chi connectivity index (χ2v) is 6.80. The number of hydrogen-bond acceptors (Lipinski definition) is 5. The van der Waals surface area contributed by atoms with Gasteiger partial charge in [-0.1, -0.05) is 12.1 Å². The molecule has 2 aliphatic heterocycles. The van der Waals surface area contributed by atoms with Gasteiger partial charge >= 0.3 is 0 Å². The molecule has 26 heavy (non-hydrogen) atoms. The molecule has 0 spiro atoms. The van der Waals surface area contributed by atoms with E-state index in [-0.39, 0.29) is 19.5 Å². The Morgan fingerprint density at radius 3 is 2.08 bits per heavy atom. The van der Waals surface area contributed by atoms with Crippen molar-refractivity contribution in [3.05, 3.63) is 47.5 Å². The first-order chi connectivity index (χ1) is 12.8. The largest absolute Gasteiger partial charge is 0.454 e. The molecule has 0 N–H and O–H groups in total. The molecule has 0 atom stereocenters. The summed E-state index contributed by atoms with van der Waals surface area (Å²) in [7, 11) is 0. The molecule has 2 aromatic rings. The second kappa shape index (κ2) is 6.12. The van der Waals surface area contributed by atoms with E-state index >= 15 is 0 Å². The fourth-order valence-corrected chi connectivity index (χ4v) is 3.37. The molecule has 0 radical (unpaired) electrons. The van der Waals surface area contributed by atoms with Gasteiger partial charge in [0.25, 0.3) is 0 Å². The number of nitrogens with zero attached hydrogens (tertiary/aromatic N) is 1. The van der Waals surface area contributed by atoms with Crippen molar-refractivity contribution in [2.45, 2.75) is 31.8 Å². The highest BCUT2D eigenvalue weighted by atomic mass is 16.7. The molecular weight excluding hydrogens is 334 g/mol. The van der Waals surface area contributed by atoms with Crippen molar-refractivity contribution in [1.82, 2.24) is 4.90 Å². The minimum atomic E-state index is 0.129. The molecular formula is C20H19NO5. The number of hydrogen-bond donors (Lipinski definition) is 0. The maximum absolute atomic E-state index is 12.9. The maximum atomic E-state index is 12.9. The first-order valence-corrected chi connectivity index (χ1v) is 8.83. The summed E-state index contributed by atoms with van der Waals surface area (Å²) in [6.07, 6.45) is 2.49. The summed E-state index contributed by atoms with van der Waals surface area (Å²) < 4.78 is 21.5. The smallest absolute Gasteiger partial charge is 0.231 e. The molecule has 0 saturated heterocycles. The van der Waals surface area contributed by atoms with E-state index in [9.17, 15) is 4.79 Å². The fourth-order valence-electron chi connectivity index (χ4n) is 3.37. The molecule has 6 nitrogen and oxygen atoms in total. The lowest BCUT2D eigenvalue weighted by Gasteiger charge is -2.23. The Balaban J connectivity index is 1.31. The van der Waals surface area contributed by atoms with Crippen LogP contribution < -0.4 is 18.9 Å². The Morgan fingerprint density at radius 2 is 1.42 bits per heavy atom. The zero-order valence-corrected chi connectivity index (χ0v) is 14.3. The standard InChI is InChI=1S/C20H19NO5/c22-20(9-13-1-5-16-18(7-13)25-11-23-16)21(15-3-4-15)10-14-2-6-17-19(8-14)26-12-24-17/h1-2,5-8,15H,3-4,9-12H2. The number of rotatable bonds is 5. The minimum absolute atomic E-state index is 0.129. The number of amides is 1. The molecule has 3 aliphatic rings. The van der Waals surface area contributed by atoms with Crippen LogP contribution in [0.2, 0.25) is 0 Å². The van der Waals surface area contributed by atoms with E-state index in [1.54, 1.807) is 0 Å². The van der Waals surface area contributed by atoms with Crippen LogP contribution in [0.25, 0.3) is 0 Å². The second-order valence-electron chi connectivity index (χ2n) is 6.80. The first kappa shape index (κ1) is 15.4. The molecule has 0 unspecified atom stereocenters. The molecule has 0 bridgehead atoms. The van der Waals surface area contributed by atoms with Crippen molar-refractivity contribution in [2.75, 3.05) is 13.6 Å². The van der Waals surface area contributed by atoms with Crippen LogP contribution in [0.15, 0.2) is 36.4 Å². The normalized spacial score (nSPS) is 16.6. The fraction of sp³-hybridized carbons (Fsp3) is 0.350. The molecule has 1 amide bonds. The monoisotopic (exact) mass is 353 g/mol. The Labute approximate surface area is 151 Å². The molecule has 2 heterocycles. The van der Waals surface area contributed by atoms with Gasteiger partial charge in [0.15, 0.2) is 23.0 Å². The number of carbonyl (C=O) groups excluding carboxylic acids is 1. The summed E-state index contributed by atoms with van der Waals surface area (Å²) in [5, 5.41) is 0. The van der Waals surface area contributed by atoms with Crippen LogP contribution >= 0.6 is 0 Å². The highest BCUT2D eigenvalue weighted by Gasteiger charge is 2.33. The third kappa shape index (κ3) is 2.92. The first-order valence-electron chi connectivity index (χ1n) is 8.83. The Bertz CT molecular complexity index is 861. The summed E-state index contributed by atoms with van der Waals surface area (Å²) in [5.74, 6) is 3.09. The van der Waals surface area contributed by atoms with E-state index in [1.165, 1.54) is 0 Å². The van der Waals surface area contributed by atoms with Gasteiger partial charge in [-0.2, -0.15) is 0 Å². The van der Waals surface area contributed by atoms with Crippen molar-refractivity contribution in [3.8, 4) is 23.0 Å². The van der Waals surface area contributed by atoms with Crippen LogP contribution in [0, 0.1) is 0 Å². The van der Waals surface area contributed by atoms with Crippen LogP contribution in [0.5, 0.6) is 23.0 Å².